The van der Waals surface area contributed by atoms with Gasteiger partial charge in [-0.2, -0.15) is 0 Å². The zero-order chi connectivity index (χ0) is 25.8. The Bertz CT molecular complexity index is 934. The van der Waals surface area contributed by atoms with Crippen molar-refractivity contribution in [2.24, 2.45) is 0 Å². The molecule has 0 bridgehead atoms. The number of aromatic nitrogens is 2. The first kappa shape index (κ1) is 27.7. The second-order valence-electron chi connectivity index (χ2n) is 9.00. The molecule has 36 heavy (non-hydrogen) atoms. The van der Waals surface area contributed by atoms with E-state index in [1.54, 1.807) is 24.3 Å². The Hall–Kier alpha value is -2.88. The summed E-state index contributed by atoms with van der Waals surface area (Å²) in [6, 6.07) is 9.44. The lowest BCUT2D eigenvalue weighted by Gasteiger charge is -2.32. The number of ether oxygens (including phenoxy) is 3. The Balaban J connectivity index is 1.59. The van der Waals surface area contributed by atoms with E-state index in [0.717, 1.165) is 58.0 Å². The molecule has 9 nitrogen and oxygen atoms in total. The first-order chi connectivity index (χ1) is 17.5. The van der Waals surface area contributed by atoms with Gasteiger partial charge in [0, 0.05) is 20.3 Å². The van der Waals surface area contributed by atoms with Gasteiger partial charge in [0.1, 0.15) is 11.4 Å². The number of carboxylic acids is 2. The maximum atomic E-state index is 11.5. The quantitative estimate of drug-likeness (QED) is 0.323. The minimum absolute atomic E-state index is 0.0394. The van der Waals surface area contributed by atoms with E-state index < -0.39 is 17.5 Å². The summed E-state index contributed by atoms with van der Waals surface area (Å²) in [5, 5.41) is 18.9. The summed E-state index contributed by atoms with van der Waals surface area (Å²) >= 11 is 0. The molecule has 1 atom stereocenters. The van der Waals surface area contributed by atoms with Gasteiger partial charge in [-0.15, -0.1) is 0 Å². The first-order valence-electron chi connectivity index (χ1n) is 12.7. The number of carbonyl (C=O) groups is 2. The van der Waals surface area contributed by atoms with Crippen molar-refractivity contribution in [1.29, 1.82) is 0 Å². The monoisotopic (exact) mass is 500 g/mol. The van der Waals surface area contributed by atoms with E-state index in [0.29, 0.717) is 24.4 Å². The molecular formula is C27H36N2O7. The Morgan fingerprint density at radius 1 is 0.917 bits per heavy atom. The van der Waals surface area contributed by atoms with Crippen LogP contribution in [0.25, 0.3) is 0 Å². The third kappa shape index (κ3) is 7.56. The molecule has 0 radical (unpaired) electrons. The SMILES string of the molecule is COC(CCCCCCCCOC1CCCCO1)(c1cccc(C(=O)O)n1)c1cccc(C(=O)O)n1. The maximum Gasteiger partial charge on any atom is 0.354 e. The second-order valence-corrected chi connectivity index (χ2v) is 9.00. The topological polar surface area (TPSA) is 128 Å². The molecule has 0 aromatic carbocycles. The number of nitrogens with zero attached hydrogens (tertiary/aromatic N) is 2. The molecule has 2 N–H and O–H groups in total. The van der Waals surface area contributed by atoms with Crippen LogP contribution in [0.4, 0.5) is 0 Å². The van der Waals surface area contributed by atoms with Crippen molar-refractivity contribution in [2.45, 2.75) is 76.1 Å². The average Bonchev–Trinajstić information content (AvgIpc) is 2.91. The van der Waals surface area contributed by atoms with E-state index in [9.17, 15) is 19.8 Å². The van der Waals surface area contributed by atoms with Crippen molar-refractivity contribution in [3.8, 4) is 0 Å². The number of aromatic carboxylic acids is 2. The van der Waals surface area contributed by atoms with Gasteiger partial charge in [-0.3, -0.25) is 0 Å². The summed E-state index contributed by atoms with van der Waals surface area (Å²) in [6.45, 7) is 1.51. The minimum atomic E-state index is -1.16. The molecule has 0 spiro atoms. The molecule has 1 aliphatic heterocycles. The van der Waals surface area contributed by atoms with Crippen molar-refractivity contribution in [2.75, 3.05) is 20.3 Å². The molecule has 1 unspecified atom stereocenters. The lowest BCUT2D eigenvalue weighted by Crippen LogP contribution is -2.33. The summed E-state index contributed by atoms with van der Waals surface area (Å²) in [7, 11) is 1.51. The van der Waals surface area contributed by atoms with Gasteiger partial charge < -0.3 is 24.4 Å². The van der Waals surface area contributed by atoms with E-state index in [-0.39, 0.29) is 17.7 Å². The Morgan fingerprint density at radius 3 is 2.03 bits per heavy atom. The van der Waals surface area contributed by atoms with Crippen LogP contribution < -0.4 is 0 Å². The van der Waals surface area contributed by atoms with Crippen LogP contribution >= 0.6 is 0 Å². The normalized spacial score (nSPS) is 16.1. The fourth-order valence-corrected chi connectivity index (χ4v) is 4.50. The van der Waals surface area contributed by atoms with Crippen LogP contribution in [0, 0.1) is 0 Å². The third-order valence-corrected chi connectivity index (χ3v) is 6.48. The summed E-state index contributed by atoms with van der Waals surface area (Å²) in [5.74, 6) is -2.29. The van der Waals surface area contributed by atoms with Crippen molar-refractivity contribution < 1.29 is 34.0 Å². The van der Waals surface area contributed by atoms with E-state index in [2.05, 4.69) is 9.97 Å². The number of rotatable bonds is 15. The number of hydrogen-bond acceptors (Lipinski definition) is 7. The van der Waals surface area contributed by atoms with Crippen molar-refractivity contribution >= 4 is 11.9 Å². The van der Waals surface area contributed by atoms with Crippen LogP contribution in [-0.4, -0.2) is 58.7 Å². The van der Waals surface area contributed by atoms with Gasteiger partial charge in [0.25, 0.3) is 0 Å². The summed E-state index contributed by atoms with van der Waals surface area (Å²) in [6.07, 6.45) is 9.61. The molecule has 9 heteroatoms. The zero-order valence-corrected chi connectivity index (χ0v) is 20.9. The van der Waals surface area contributed by atoms with Gasteiger partial charge in [-0.05, 0) is 62.8 Å². The van der Waals surface area contributed by atoms with Crippen molar-refractivity contribution in [3.63, 3.8) is 0 Å². The lowest BCUT2D eigenvalue weighted by atomic mass is 9.87. The highest BCUT2D eigenvalue weighted by atomic mass is 16.7. The zero-order valence-electron chi connectivity index (χ0n) is 20.9. The highest BCUT2D eigenvalue weighted by Gasteiger charge is 2.38. The van der Waals surface area contributed by atoms with Crippen LogP contribution in [0.2, 0.25) is 0 Å². The lowest BCUT2D eigenvalue weighted by molar-refractivity contribution is -0.162. The van der Waals surface area contributed by atoms with Gasteiger partial charge in [0.2, 0.25) is 0 Å². The number of hydrogen-bond donors (Lipinski definition) is 2. The fourth-order valence-electron chi connectivity index (χ4n) is 4.50. The van der Waals surface area contributed by atoms with E-state index in [4.69, 9.17) is 14.2 Å². The molecule has 3 rings (SSSR count). The molecule has 0 amide bonds. The highest BCUT2D eigenvalue weighted by Crippen LogP contribution is 2.36. The van der Waals surface area contributed by atoms with Gasteiger partial charge in [0.15, 0.2) is 11.9 Å². The van der Waals surface area contributed by atoms with Crippen LogP contribution in [0.1, 0.15) is 96.6 Å². The third-order valence-electron chi connectivity index (χ3n) is 6.48. The minimum Gasteiger partial charge on any atom is -0.477 e. The molecule has 1 fully saturated rings. The number of methoxy groups -OCH3 is 1. The van der Waals surface area contributed by atoms with Crippen LogP contribution in [0.15, 0.2) is 36.4 Å². The Morgan fingerprint density at radius 2 is 1.50 bits per heavy atom. The largest absolute Gasteiger partial charge is 0.477 e. The predicted molar refractivity (Wildman–Crippen MR) is 132 cm³/mol. The predicted octanol–water partition coefficient (Wildman–Crippen LogP) is 5.04. The molecule has 0 aliphatic carbocycles. The van der Waals surface area contributed by atoms with Gasteiger partial charge in [0.05, 0.1) is 11.4 Å². The standard InChI is InChI=1S/C27H36N2O7/c1-34-27(22-14-10-12-20(28-22)25(30)31,23-15-11-13-21(29-23)26(32)33)17-7-4-2-3-5-8-18-35-24-16-6-9-19-36-24/h10-15,24H,2-9,16-19H2,1H3,(H,30,31)(H,32,33). The van der Waals surface area contributed by atoms with Crippen LogP contribution in [0.3, 0.4) is 0 Å². The molecule has 196 valence electrons. The molecule has 3 heterocycles. The van der Waals surface area contributed by atoms with Gasteiger partial charge in [-0.25, -0.2) is 19.6 Å². The van der Waals surface area contributed by atoms with Gasteiger partial charge in [-0.1, -0.05) is 37.8 Å². The Labute approximate surface area is 211 Å². The Kier molecular flexibility index (Phi) is 10.8. The smallest absolute Gasteiger partial charge is 0.354 e. The van der Waals surface area contributed by atoms with Crippen LogP contribution in [0.5, 0.6) is 0 Å². The molecule has 1 saturated heterocycles. The van der Waals surface area contributed by atoms with Crippen LogP contribution in [-0.2, 0) is 19.8 Å². The highest BCUT2D eigenvalue weighted by molar-refractivity contribution is 5.85. The van der Waals surface area contributed by atoms with E-state index in [1.165, 1.54) is 25.7 Å². The number of pyridine rings is 2. The van der Waals surface area contributed by atoms with Gasteiger partial charge >= 0.3 is 11.9 Å². The molecule has 2 aromatic heterocycles. The van der Waals surface area contributed by atoms with Crippen molar-refractivity contribution in [1.82, 2.24) is 9.97 Å². The van der Waals surface area contributed by atoms with Crippen molar-refractivity contribution in [3.05, 3.63) is 59.2 Å². The maximum absolute atomic E-state index is 11.5. The first-order valence-corrected chi connectivity index (χ1v) is 12.7. The number of unbranched alkanes of at least 4 members (excludes halogenated alkanes) is 5. The van der Waals surface area contributed by atoms with E-state index >= 15 is 0 Å². The number of carboxylic acid groups (broad SMARTS) is 2. The molecule has 0 saturated carbocycles. The molecule has 1 aliphatic rings. The summed E-state index contributed by atoms with van der Waals surface area (Å²) in [4.78, 5) is 31.7. The molecule has 2 aromatic rings. The second kappa shape index (κ2) is 14.0. The summed E-state index contributed by atoms with van der Waals surface area (Å²) in [5.41, 5.74) is -0.595. The van der Waals surface area contributed by atoms with E-state index in [1.807, 2.05) is 0 Å². The summed E-state index contributed by atoms with van der Waals surface area (Å²) < 4.78 is 17.3. The molecular weight excluding hydrogens is 464 g/mol. The fraction of sp³-hybridized carbons (Fsp3) is 0.556. The average molecular weight is 501 g/mol.